The van der Waals surface area contributed by atoms with E-state index in [4.69, 9.17) is 17.0 Å². The summed E-state index contributed by atoms with van der Waals surface area (Å²) in [6, 6.07) is 17.8. The van der Waals surface area contributed by atoms with E-state index in [-0.39, 0.29) is 17.6 Å². The number of aryl methyl sites for hydroxylation is 3. The van der Waals surface area contributed by atoms with Gasteiger partial charge in [0.05, 0.1) is 0 Å². The lowest BCUT2D eigenvalue weighted by Crippen LogP contribution is -2.37. The largest absolute Gasteiger partial charge is 0.483 e. The Labute approximate surface area is 164 Å². The van der Waals surface area contributed by atoms with Gasteiger partial charge in [0.1, 0.15) is 5.75 Å². The zero-order valence-electron chi connectivity index (χ0n) is 15.6. The van der Waals surface area contributed by atoms with E-state index in [2.05, 4.69) is 29.7 Å². The topological polar surface area (TPSA) is 50.4 Å². The number of nitrogens with one attached hydrogen (secondary N) is 2. The van der Waals surface area contributed by atoms with Crippen LogP contribution in [0.4, 0.5) is 5.69 Å². The number of amides is 1. The summed E-state index contributed by atoms with van der Waals surface area (Å²) in [5.74, 6) is 0.371. The lowest BCUT2D eigenvalue weighted by atomic mass is 10.1. The van der Waals surface area contributed by atoms with Crippen LogP contribution in [-0.4, -0.2) is 17.6 Å². The zero-order chi connectivity index (χ0) is 19.4. The van der Waals surface area contributed by atoms with Gasteiger partial charge in [-0.05, 0) is 55.6 Å². The van der Waals surface area contributed by atoms with Crippen molar-refractivity contribution in [2.75, 3.05) is 11.9 Å². The molecule has 0 heterocycles. The molecule has 3 rings (SSSR count). The van der Waals surface area contributed by atoms with Gasteiger partial charge in [-0.25, -0.2) is 0 Å². The van der Waals surface area contributed by atoms with Gasteiger partial charge < -0.3 is 10.1 Å². The van der Waals surface area contributed by atoms with Crippen LogP contribution in [0.3, 0.4) is 0 Å². The number of anilines is 1. The molecule has 0 saturated heterocycles. The fourth-order valence-corrected chi connectivity index (χ4v) is 3.37. The van der Waals surface area contributed by atoms with Gasteiger partial charge in [-0.1, -0.05) is 54.1 Å². The fraction of sp³-hybridized carbons (Fsp3) is 0.182. The predicted molar refractivity (Wildman–Crippen MR) is 114 cm³/mol. The highest BCUT2D eigenvalue weighted by molar-refractivity contribution is 7.80. The molecule has 0 bridgehead atoms. The maximum absolute atomic E-state index is 12.2. The molecule has 0 spiro atoms. The second-order valence-corrected chi connectivity index (χ2v) is 6.95. The number of benzene rings is 3. The van der Waals surface area contributed by atoms with Crippen LogP contribution >= 0.6 is 12.2 Å². The summed E-state index contributed by atoms with van der Waals surface area (Å²) >= 11 is 5.27. The first-order valence-corrected chi connectivity index (χ1v) is 9.14. The third-order valence-electron chi connectivity index (χ3n) is 4.28. The Hall–Kier alpha value is -2.92. The minimum absolute atomic E-state index is 0.109. The van der Waals surface area contributed by atoms with Crippen LogP contribution < -0.4 is 15.4 Å². The number of rotatable bonds is 4. The molecule has 2 N–H and O–H groups in total. The van der Waals surface area contributed by atoms with Crippen molar-refractivity contribution in [2.45, 2.75) is 20.8 Å². The number of hydrogen-bond donors (Lipinski definition) is 2. The number of carbonyl (C=O) groups excluding carboxylic acids is 1. The number of thiocarbonyl (C=S) groups is 1. The van der Waals surface area contributed by atoms with E-state index in [1.807, 2.05) is 56.3 Å². The average Bonchev–Trinajstić information content (AvgIpc) is 2.63. The lowest BCUT2D eigenvalue weighted by Gasteiger charge is -2.15. The minimum atomic E-state index is -0.303. The molecule has 138 valence electrons. The number of hydrogen-bond acceptors (Lipinski definition) is 3. The monoisotopic (exact) mass is 378 g/mol. The Kier molecular flexibility index (Phi) is 5.72. The van der Waals surface area contributed by atoms with Crippen molar-refractivity contribution in [3.63, 3.8) is 0 Å². The van der Waals surface area contributed by atoms with Gasteiger partial charge in [-0.2, -0.15) is 0 Å². The van der Waals surface area contributed by atoms with Gasteiger partial charge in [-0.3, -0.25) is 10.1 Å². The van der Waals surface area contributed by atoms with Crippen molar-refractivity contribution in [3.8, 4) is 5.75 Å². The molecule has 0 aromatic heterocycles. The minimum Gasteiger partial charge on any atom is -0.483 e. The fourth-order valence-electron chi connectivity index (χ4n) is 3.15. The SMILES string of the molecule is Cc1cc(C)c(NC(=S)NC(=O)COc2cccc3ccccc23)c(C)c1. The van der Waals surface area contributed by atoms with Crippen molar-refractivity contribution in [1.29, 1.82) is 0 Å². The third-order valence-corrected chi connectivity index (χ3v) is 4.48. The van der Waals surface area contributed by atoms with Crippen molar-refractivity contribution in [2.24, 2.45) is 0 Å². The second kappa shape index (κ2) is 8.18. The van der Waals surface area contributed by atoms with Crippen LogP contribution in [0.25, 0.3) is 10.8 Å². The Morgan fingerprint density at radius 3 is 2.41 bits per heavy atom. The summed E-state index contributed by atoms with van der Waals surface area (Å²) < 4.78 is 5.70. The first-order chi connectivity index (χ1) is 12.9. The summed E-state index contributed by atoms with van der Waals surface area (Å²) in [5, 5.41) is 8.08. The Morgan fingerprint density at radius 1 is 1.00 bits per heavy atom. The molecular formula is C22H22N2O2S. The van der Waals surface area contributed by atoms with Gasteiger partial charge >= 0.3 is 0 Å². The molecule has 27 heavy (non-hydrogen) atoms. The van der Waals surface area contributed by atoms with Gasteiger partial charge in [0.25, 0.3) is 5.91 Å². The number of fused-ring (bicyclic) bond motifs is 1. The summed E-state index contributed by atoms with van der Waals surface area (Å²) in [6.07, 6.45) is 0. The van der Waals surface area contributed by atoms with Gasteiger partial charge in [-0.15, -0.1) is 0 Å². The average molecular weight is 378 g/mol. The first kappa shape index (κ1) is 18.9. The molecule has 4 nitrogen and oxygen atoms in total. The van der Waals surface area contributed by atoms with E-state index in [0.29, 0.717) is 5.75 Å². The van der Waals surface area contributed by atoms with Gasteiger partial charge in [0.15, 0.2) is 11.7 Å². The molecule has 0 unspecified atom stereocenters. The maximum atomic E-state index is 12.2. The van der Waals surface area contributed by atoms with Crippen LogP contribution in [-0.2, 0) is 4.79 Å². The molecule has 0 radical (unpaired) electrons. The highest BCUT2D eigenvalue weighted by Crippen LogP contribution is 2.25. The van der Waals surface area contributed by atoms with Crippen LogP contribution in [0.2, 0.25) is 0 Å². The normalized spacial score (nSPS) is 10.5. The zero-order valence-corrected chi connectivity index (χ0v) is 16.4. The molecule has 0 fully saturated rings. The molecule has 3 aromatic carbocycles. The van der Waals surface area contributed by atoms with E-state index in [1.165, 1.54) is 5.56 Å². The van der Waals surface area contributed by atoms with Gasteiger partial charge in [0.2, 0.25) is 0 Å². The third kappa shape index (κ3) is 4.63. The molecule has 1 amide bonds. The van der Waals surface area contributed by atoms with E-state index < -0.39 is 0 Å². The number of ether oxygens (including phenoxy) is 1. The summed E-state index contributed by atoms with van der Waals surface area (Å²) in [7, 11) is 0. The molecule has 5 heteroatoms. The summed E-state index contributed by atoms with van der Waals surface area (Å²) in [6.45, 7) is 5.96. The lowest BCUT2D eigenvalue weighted by molar-refractivity contribution is -0.121. The highest BCUT2D eigenvalue weighted by atomic mass is 32.1. The summed E-state index contributed by atoms with van der Waals surface area (Å²) in [5.41, 5.74) is 4.27. The van der Waals surface area contributed by atoms with E-state index in [0.717, 1.165) is 27.6 Å². The summed E-state index contributed by atoms with van der Waals surface area (Å²) in [4.78, 5) is 12.2. The molecule has 0 aliphatic heterocycles. The Morgan fingerprint density at radius 2 is 1.67 bits per heavy atom. The molecule has 0 saturated carbocycles. The van der Waals surface area contributed by atoms with Crippen LogP contribution in [0.15, 0.2) is 54.6 Å². The van der Waals surface area contributed by atoms with E-state index >= 15 is 0 Å². The molecule has 0 aliphatic carbocycles. The number of carbonyl (C=O) groups is 1. The molecule has 0 atom stereocenters. The van der Waals surface area contributed by atoms with E-state index in [1.54, 1.807) is 0 Å². The van der Waals surface area contributed by atoms with Crippen LogP contribution in [0.5, 0.6) is 5.75 Å². The van der Waals surface area contributed by atoms with Crippen molar-refractivity contribution >= 4 is 39.7 Å². The predicted octanol–water partition coefficient (Wildman–Crippen LogP) is 4.66. The smallest absolute Gasteiger partial charge is 0.264 e. The Bertz CT molecular complexity index is 986. The van der Waals surface area contributed by atoms with Crippen molar-refractivity contribution < 1.29 is 9.53 Å². The quantitative estimate of drug-likeness (QED) is 0.649. The molecular weight excluding hydrogens is 356 g/mol. The van der Waals surface area contributed by atoms with Crippen LogP contribution in [0, 0.1) is 20.8 Å². The Balaban J connectivity index is 1.60. The van der Waals surface area contributed by atoms with Crippen LogP contribution in [0.1, 0.15) is 16.7 Å². The van der Waals surface area contributed by atoms with Crippen molar-refractivity contribution in [1.82, 2.24) is 5.32 Å². The van der Waals surface area contributed by atoms with Gasteiger partial charge in [0, 0.05) is 11.1 Å². The van der Waals surface area contributed by atoms with Crippen molar-refractivity contribution in [3.05, 3.63) is 71.3 Å². The second-order valence-electron chi connectivity index (χ2n) is 6.54. The maximum Gasteiger partial charge on any atom is 0.264 e. The molecule has 0 aliphatic rings. The van der Waals surface area contributed by atoms with E-state index in [9.17, 15) is 4.79 Å². The first-order valence-electron chi connectivity index (χ1n) is 8.73. The standard InChI is InChI=1S/C22H22N2O2S/c1-14-11-15(2)21(16(3)12-14)24-22(27)23-20(25)13-26-19-10-6-8-17-7-4-5-9-18(17)19/h4-12H,13H2,1-3H3,(H2,23,24,25,27). The highest BCUT2D eigenvalue weighted by Gasteiger charge is 2.10. The molecule has 3 aromatic rings.